The van der Waals surface area contributed by atoms with Crippen molar-refractivity contribution in [3.05, 3.63) is 54.9 Å². The smallest absolute Gasteiger partial charge is 0.307 e. The lowest BCUT2D eigenvalue weighted by atomic mass is 9.82. The molecule has 5 heteroatoms. The van der Waals surface area contributed by atoms with Crippen molar-refractivity contribution in [1.82, 2.24) is 9.55 Å². The van der Waals surface area contributed by atoms with Crippen LogP contribution in [0.25, 0.3) is 11.4 Å². The number of carboxylic acid groups (broad SMARTS) is 1. The molecule has 0 spiro atoms. The molecule has 3 rings (SSSR count). The van der Waals surface area contributed by atoms with Crippen LogP contribution in [0.4, 0.5) is 0 Å². The Kier molecular flexibility index (Phi) is 3.87. The Labute approximate surface area is 127 Å². The number of carboxylic acids is 1. The van der Waals surface area contributed by atoms with Gasteiger partial charge < -0.3 is 5.11 Å². The molecule has 0 fully saturated rings. The van der Waals surface area contributed by atoms with E-state index >= 15 is 0 Å². The monoisotopic (exact) mass is 296 g/mol. The zero-order chi connectivity index (χ0) is 15.5. The maximum Gasteiger partial charge on any atom is 0.307 e. The molecule has 22 heavy (non-hydrogen) atoms. The quantitative estimate of drug-likeness (QED) is 0.884. The Morgan fingerprint density at radius 3 is 2.45 bits per heavy atom. The molecule has 112 valence electrons. The predicted octanol–water partition coefficient (Wildman–Crippen LogP) is 2.86. The summed E-state index contributed by atoms with van der Waals surface area (Å²) in [5, 5.41) is 9.33. The average molecular weight is 296 g/mol. The molecule has 0 aliphatic heterocycles. The molecule has 1 aliphatic carbocycles. The highest BCUT2D eigenvalue weighted by atomic mass is 16.4. The van der Waals surface area contributed by atoms with Crippen LogP contribution < -0.4 is 0 Å². The van der Waals surface area contributed by atoms with E-state index in [0.29, 0.717) is 18.7 Å². The Morgan fingerprint density at radius 1 is 1.09 bits per heavy atom. The highest BCUT2D eigenvalue weighted by molar-refractivity contribution is 5.89. The molecular formula is C17H16N2O3. The van der Waals surface area contributed by atoms with Gasteiger partial charge in [-0.15, -0.1) is 0 Å². The minimum atomic E-state index is -0.927. The molecule has 2 atom stereocenters. The predicted molar refractivity (Wildman–Crippen MR) is 81.3 cm³/mol. The number of aliphatic carboxylic acids is 1. The van der Waals surface area contributed by atoms with Gasteiger partial charge in [0.15, 0.2) is 0 Å². The van der Waals surface area contributed by atoms with Gasteiger partial charge in [0.1, 0.15) is 5.82 Å². The number of benzene rings is 1. The minimum Gasteiger partial charge on any atom is -0.481 e. The number of carbonyl (C=O) groups is 2. The number of rotatable bonds is 3. The van der Waals surface area contributed by atoms with Gasteiger partial charge in [-0.25, -0.2) is 4.98 Å². The van der Waals surface area contributed by atoms with Crippen LogP contribution >= 0.6 is 0 Å². The summed E-state index contributed by atoms with van der Waals surface area (Å²) in [6.45, 7) is 0. The summed E-state index contributed by atoms with van der Waals surface area (Å²) in [7, 11) is 0. The van der Waals surface area contributed by atoms with Gasteiger partial charge in [-0.3, -0.25) is 14.2 Å². The van der Waals surface area contributed by atoms with Crippen LogP contribution in [0.5, 0.6) is 0 Å². The summed E-state index contributed by atoms with van der Waals surface area (Å²) in [6, 6.07) is 9.40. The van der Waals surface area contributed by atoms with Crippen molar-refractivity contribution < 1.29 is 14.7 Å². The van der Waals surface area contributed by atoms with Crippen molar-refractivity contribution in [2.75, 3.05) is 0 Å². The van der Waals surface area contributed by atoms with Crippen LogP contribution in [-0.4, -0.2) is 26.5 Å². The van der Waals surface area contributed by atoms with E-state index in [9.17, 15) is 14.7 Å². The minimum absolute atomic E-state index is 0.215. The second-order valence-electron chi connectivity index (χ2n) is 5.32. The second kappa shape index (κ2) is 5.97. The number of aromatic nitrogens is 2. The van der Waals surface area contributed by atoms with Crippen LogP contribution in [0.3, 0.4) is 0 Å². The van der Waals surface area contributed by atoms with Gasteiger partial charge in [-0.05, 0) is 12.8 Å². The number of carbonyl (C=O) groups excluding carboxylic acids is 1. The number of nitrogens with zero attached hydrogens (tertiary/aromatic N) is 2. The highest BCUT2D eigenvalue weighted by Gasteiger charge is 2.35. The molecule has 2 unspecified atom stereocenters. The fourth-order valence-corrected chi connectivity index (χ4v) is 2.82. The number of hydrogen-bond donors (Lipinski definition) is 1. The van der Waals surface area contributed by atoms with E-state index in [1.54, 1.807) is 12.4 Å². The van der Waals surface area contributed by atoms with Gasteiger partial charge in [0.05, 0.1) is 11.8 Å². The van der Waals surface area contributed by atoms with Crippen molar-refractivity contribution in [2.45, 2.75) is 12.8 Å². The first-order valence-corrected chi connectivity index (χ1v) is 7.19. The Morgan fingerprint density at radius 2 is 1.77 bits per heavy atom. The first kappa shape index (κ1) is 14.3. The molecule has 5 nitrogen and oxygen atoms in total. The largest absolute Gasteiger partial charge is 0.481 e. The third-order valence-electron chi connectivity index (χ3n) is 3.98. The number of allylic oxidation sites excluding steroid dienone is 2. The fraction of sp³-hybridized carbons (Fsp3) is 0.235. The van der Waals surface area contributed by atoms with Crippen LogP contribution in [0, 0.1) is 11.8 Å². The van der Waals surface area contributed by atoms with Gasteiger partial charge in [0.2, 0.25) is 5.91 Å². The van der Waals surface area contributed by atoms with E-state index in [1.807, 2.05) is 42.5 Å². The van der Waals surface area contributed by atoms with E-state index in [4.69, 9.17) is 0 Å². The summed E-state index contributed by atoms with van der Waals surface area (Å²) >= 11 is 0. The van der Waals surface area contributed by atoms with Gasteiger partial charge in [0, 0.05) is 18.0 Å². The van der Waals surface area contributed by atoms with Crippen molar-refractivity contribution in [3.63, 3.8) is 0 Å². The molecule has 1 aliphatic rings. The van der Waals surface area contributed by atoms with Crippen molar-refractivity contribution in [2.24, 2.45) is 11.8 Å². The third kappa shape index (κ3) is 2.57. The molecule has 1 aromatic heterocycles. The van der Waals surface area contributed by atoms with Crippen molar-refractivity contribution >= 4 is 11.9 Å². The lowest BCUT2D eigenvalue weighted by Crippen LogP contribution is -2.34. The molecule has 1 heterocycles. The molecular weight excluding hydrogens is 280 g/mol. The maximum atomic E-state index is 12.8. The van der Waals surface area contributed by atoms with Gasteiger partial charge in [-0.2, -0.15) is 0 Å². The van der Waals surface area contributed by atoms with E-state index in [0.717, 1.165) is 5.56 Å². The van der Waals surface area contributed by atoms with Crippen LogP contribution in [-0.2, 0) is 4.79 Å². The van der Waals surface area contributed by atoms with E-state index in [2.05, 4.69) is 4.98 Å². The summed E-state index contributed by atoms with van der Waals surface area (Å²) in [5.41, 5.74) is 0.832. The summed E-state index contributed by atoms with van der Waals surface area (Å²) in [6.07, 6.45) is 7.70. The van der Waals surface area contributed by atoms with E-state index in [1.165, 1.54) is 4.57 Å². The zero-order valence-electron chi connectivity index (χ0n) is 11.9. The maximum absolute atomic E-state index is 12.8. The Bertz CT molecular complexity index is 719. The molecule has 0 radical (unpaired) electrons. The van der Waals surface area contributed by atoms with Crippen LogP contribution in [0.15, 0.2) is 54.9 Å². The molecule has 1 N–H and O–H groups in total. The normalized spacial score (nSPS) is 20.7. The molecule has 0 saturated carbocycles. The molecule has 0 amide bonds. The van der Waals surface area contributed by atoms with Crippen LogP contribution in [0.1, 0.15) is 17.6 Å². The van der Waals surface area contributed by atoms with Crippen molar-refractivity contribution in [1.29, 1.82) is 0 Å². The number of imidazole rings is 1. The highest BCUT2D eigenvalue weighted by Crippen LogP contribution is 2.29. The standard InChI is InChI=1S/C17H16N2O3/c20-16(13-8-4-5-9-14(13)17(21)22)19-11-10-18-15(19)12-6-2-1-3-7-12/h1-7,10-11,13-14H,8-9H2,(H,21,22). The molecule has 0 saturated heterocycles. The van der Waals surface area contributed by atoms with Gasteiger partial charge in [-0.1, -0.05) is 42.5 Å². The lowest BCUT2D eigenvalue weighted by Gasteiger charge is -2.24. The van der Waals surface area contributed by atoms with E-state index < -0.39 is 17.8 Å². The first-order chi connectivity index (χ1) is 10.7. The summed E-state index contributed by atoms with van der Waals surface area (Å²) in [4.78, 5) is 28.4. The third-order valence-corrected chi connectivity index (χ3v) is 3.98. The number of hydrogen-bond acceptors (Lipinski definition) is 3. The van der Waals surface area contributed by atoms with Gasteiger partial charge >= 0.3 is 5.97 Å². The second-order valence-corrected chi connectivity index (χ2v) is 5.32. The SMILES string of the molecule is O=C(O)C1CC=CCC1C(=O)n1ccnc1-c1ccccc1. The summed E-state index contributed by atoms with van der Waals surface area (Å²) < 4.78 is 1.47. The fourth-order valence-electron chi connectivity index (χ4n) is 2.82. The lowest BCUT2D eigenvalue weighted by molar-refractivity contribution is -0.143. The topological polar surface area (TPSA) is 72.2 Å². The van der Waals surface area contributed by atoms with E-state index in [-0.39, 0.29) is 5.91 Å². The Balaban J connectivity index is 1.95. The molecule has 0 bridgehead atoms. The first-order valence-electron chi connectivity index (χ1n) is 7.19. The zero-order valence-corrected chi connectivity index (χ0v) is 11.9. The van der Waals surface area contributed by atoms with Gasteiger partial charge in [0.25, 0.3) is 0 Å². The van der Waals surface area contributed by atoms with Crippen molar-refractivity contribution in [3.8, 4) is 11.4 Å². The summed E-state index contributed by atoms with van der Waals surface area (Å²) in [5.74, 6) is -1.83. The molecule has 2 aromatic rings. The Hall–Kier alpha value is -2.69. The van der Waals surface area contributed by atoms with Crippen LogP contribution in [0.2, 0.25) is 0 Å². The molecule has 1 aromatic carbocycles. The average Bonchev–Trinajstić information content (AvgIpc) is 3.04.